The molecule has 2 heterocycles. The number of hydrogen-bond acceptors (Lipinski definition) is 5. The fourth-order valence-electron chi connectivity index (χ4n) is 3.26. The molecule has 2 amide bonds. The van der Waals surface area contributed by atoms with E-state index in [1.54, 1.807) is 30.0 Å². The van der Waals surface area contributed by atoms with Gasteiger partial charge in [-0.1, -0.05) is 0 Å². The number of amides is 2. The summed E-state index contributed by atoms with van der Waals surface area (Å²) < 4.78 is 16.4. The highest BCUT2D eigenvalue weighted by molar-refractivity contribution is 5.83. The molecule has 1 N–H and O–H groups in total. The normalized spacial score (nSPS) is 20.0. The zero-order valence-corrected chi connectivity index (χ0v) is 15.5. The molecule has 2 aliphatic rings. The molecule has 7 nitrogen and oxygen atoms in total. The molecular weight excluding hydrogens is 336 g/mol. The molecule has 142 valence electrons. The molecule has 2 unspecified atom stereocenters. The van der Waals surface area contributed by atoms with E-state index in [-0.39, 0.29) is 30.6 Å². The Morgan fingerprint density at radius 2 is 2.00 bits per heavy atom. The van der Waals surface area contributed by atoms with Crippen LogP contribution in [0.2, 0.25) is 0 Å². The van der Waals surface area contributed by atoms with Crippen LogP contribution in [0.4, 0.5) is 0 Å². The highest BCUT2D eigenvalue weighted by Gasteiger charge is 2.31. The predicted octanol–water partition coefficient (Wildman–Crippen LogP) is 1.95. The van der Waals surface area contributed by atoms with Gasteiger partial charge in [-0.25, -0.2) is 0 Å². The summed E-state index contributed by atoms with van der Waals surface area (Å²) in [4.78, 5) is 26.7. The second kappa shape index (κ2) is 7.85. The number of fused-ring (bicyclic) bond motifs is 1. The second-order valence-electron chi connectivity index (χ2n) is 7.06. The third-order valence-corrected chi connectivity index (χ3v) is 4.54. The fraction of sp³-hybridized carbons (Fsp3) is 0.579. The van der Waals surface area contributed by atoms with Gasteiger partial charge in [0.2, 0.25) is 12.7 Å². The standard InChI is InChI=1S/C19H26N2O5/c1-12(2)20-18(22)14-5-4-8-21(10-14)19(23)13(3)26-15-6-7-16-17(9-15)25-11-24-16/h6-7,9,12-14H,4-5,8,10-11H2,1-3H3,(H,20,22). The van der Waals surface area contributed by atoms with Gasteiger partial charge < -0.3 is 24.4 Å². The number of hydrogen-bond donors (Lipinski definition) is 1. The smallest absolute Gasteiger partial charge is 0.263 e. The molecule has 0 aliphatic carbocycles. The Morgan fingerprint density at radius 1 is 1.23 bits per heavy atom. The minimum absolute atomic E-state index is 0.0156. The molecule has 2 aliphatic heterocycles. The quantitative estimate of drug-likeness (QED) is 0.866. The van der Waals surface area contributed by atoms with Crippen LogP contribution in [0, 0.1) is 5.92 Å². The van der Waals surface area contributed by atoms with Gasteiger partial charge in [0.25, 0.3) is 5.91 Å². The van der Waals surface area contributed by atoms with E-state index in [0.29, 0.717) is 30.3 Å². The van der Waals surface area contributed by atoms with Gasteiger partial charge in [0, 0.05) is 25.2 Å². The van der Waals surface area contributed by atoms with Crippen molar-refractivity contribution in [3.05, 3.63) is 18.2 Å². The lowest BCUT2D eigenvalue weighted by atomic mass is 9.96. The van der Waals surface area contributed by atoms with Crippen molar-refractivity contribution in [2.45, 2.75) is 45.8 Å². The Labute approximate surface area is 153 Å². The van der Waals surface area contributed by atoms with Crippen LogP contribution in [0.3, 0.4) is 0 Å². The summed E-state index contributed by atoms with van der Waals surface area (Å²) in [6.07, 6.45) is 0.987. The molecule has 0 radical (unpaired) electrons. The number of likely N-dealkylation sites (tertiary alicyclic amines) is 1. The Hall–Kier alpha value is -2.44. The molecule has 0 aromatic heterocycles. The van der Waals surface area contributed by atoms with Gasteiger partial charge in [0.1, 0.15) is 5.75 Å². The first-order valence-corrected chi connectivity index (χ1v) is 9.09. The van der Waals surface area contributed by atoms with Crippen molar-refractivity contribution in [2.24, 2.45) is 5.92 Å². The summed E-state index contributed by atoms with van der Waals surface area (Å²) in [7, 11) is 0. The van der Waals surface area contributed by atoms with E-state index in [0.717, 1.165) is 12.8 Å². The van der Waals surface area contributed by atoms with Gasteiger partial charge in [-0.3, -0.25) is 9.59 Å². The van der Waals surface area contributed by atoms with Crippen LogP contribution in [-0.2, 0) is 9.59 Å². The van der Waals surface area contributed by atoms with Crippen molar-refractivity contribution >= 4 is 11.8 Å². The maximum absolute atomic E-state index is 12.7. The van der Waals surface area contributed by atoms with Gasteiger partial charge in [-0.2, -0.15) is 0 Å². The van der Waals surface area contributed by atoms with Crippen molar-refractivity contribution in [3.63, 3.8) is 0 Å². The monoisotopic (exact) mass is 362 g/mol. The molecule has 1 fully saturated rings. The van der Waals surface area contributed by atoms with E-state index in [1.165, 1.54) is 0 Å². The lowest BCUT2D eigenvalue weighted by Gasteiger charge is -2.34. The minimum atomic E-state index is -0.637. The summed E-state index contributed by atoms with van der Waals surface area (Å²) >= 11 is 0. The van der Waals surface area contributed by atoms with Crippen molar-refractivity contribution in [1.82, 2.24) is 10.2 Å². The van der Waals surface area contributed by atoms with E-state index in [4.69, 9.17) is 14.2 Å². The average molecular weight is 362 g/mol. The Bertz CT molecular complexity index is 676. The summed E-state index contributed by atoms with van der Waals surface area (Å²) in [6, 6.07) is 5.34. The van der Waals surface area contributed by atoms with E-state index in [2.05, 4.69) is 5.32 Å². The van der Waals surface area contributed by atoms with E-state index < -0.39 is 6.10 Å². The lowest BCUT2D eigenvalue weighted by molar-refractivity contribution is -0.141. The van der Waals surface area contributed by atoms with Crippen LogP contribution in [0.15, 0.2) is 18.2 Å². The highest BCUT2D eigenvalue weighted by atomic mass is 16.7. The molecule has 0 spiro atoms. The van der Waals surface area contributed by atoms with E-state index in [9.17, 15) is 9.59 Å². The summed E-state index contributed by atoms with van der Waals surface area (Å²) in [5, 5.41) is 2.93. The first-order valence-electron chi connectivity index (χ1n) is 9.09. The van der Waals surface area contributed by atoms with Crippen LogP contribution < -0.4 is 19.5 Å². The number of rotatable bonds is 5. The topological polar surface area (TPSA) is 77.1 Å². The molecule has 3 rings (SSSR count). The summed E-state index contributed by atoms with van der Waals surface area (Å²) in [5.74, 6) is 1.59. The summed E-state index contributed by atoms with van der Waals surface area (Å²) in [6.45, 7) is 6.88. The fourth-order valence-corrected chi connectivity index (χ4v) is 3.26. The van der Waals surface area contributed by atoms with Crippen LogP contribution in [-0.4, -0.2) is 48.7 Å². The van der Waals surface area contributed by atoms with Crippen LogP contribution in [0.25, 0.3) is 0 Å². The third kappa shape index (κ3) is 4.20. The van der Waals surface area contributed by atoms with E-state index in [1.807, 2.05) is 13.8 Å². The number of carbonyl (C=O) groups excluding carboxylic acids is 2. The lowest BCUT2D eigenvalue weighted by Crippen LogP contribution is -2.49. The number of ether oxygens (including phenoxy) is 3. The zero-order chi connectivity index (χ0) is 18.7. The van der Waals surface area contributed by atoms with Crippen molar-refractivity contribution in [2.75, 3.05) is 19.9 Å². The van der Waals surface area contributed by atoms with Gasteiger partial charge in [0.05, 0.1) is 5.92 Å². The molecule has 1 aromatic rings. The number of carbonyl (C=O) groups is 2. The van der Waals surface area contributed by atoms with Crippen LogP contribution in [0.5, 0.6) is 17.2 Å². The molecule has 26 heavy (non-hydrogen) atoms. The average Bonchev–Trinajstić information content (AvgIpc) is 3.08. The minimum Gasteiger partial charge on any atom is -0.481 e. The maximum Gasteiger partial charge on any atom is 0.263 e. The van der Waals surface area contributed by atoms with Gasteiger partial charge in [-0.05, 0) is 45.7 Å². The molecule has 1 saturated heterocycles. The van der Waals surface area contributed by atoms with Crippen LogP contribution in [0.1, 0.15) is 33.6 Å². The third-order valence-electron chi connectivity index (χ3n) is 4.54. The molecule has 0 bridgehead atoms. The molecule has 7 heteroatoms. The molecule has 0 saturated carbocycles. The summed E-state index contributed by atoms with van der Waals surface area (Å²) in [5.41, 5.74) is 0. The predicted molar refractivity (Wildman–Crippen MR) is 95.2 cm³/mol. The first kappa shape index (κ1) is 18.4. The zero-order valence-electron chi connectivity index (χ0n) is 15.5. The Morgan fingerprint density at radius 3 is 2.77 bits per heavy atom. The SMILES string of the molecule is CC(C)NC(=O)C1CCCN(C(=O)C(C)Oc2ccc3c(c2)OCO3)C1. The molecule has 1 aromatic carbocycles. The number of nitrogens with zero attached hydrogens (tertiary/aromatic N) is 1. The Balaban J connectivity index is 1.58. The first-order chi connectivity index (χ1) is 12.4. The van der Waals surface area contributed by atoms with Crippen LogP contribution >= 0.6 is 0 Å². The van der Waals surface area contributed by atoms with Crippen molar-refractivity contribution in [1.29, 1.82) is 0 Å². The number of nitrogens with one attached hydrogen (secondary N) is 1. The number of piperidine rings is 1. The molecule has 2 atom stereocenters. The maximum atomic E-state index is 12.7. The number of benzene rings is 1. The second-order valence-corrected chi connectivity index (χ2v) is 7.06. The van der Waals surface area contributed by atoms with Gasteiger partial charge in [0.15, 0.2) is 17.6 Å². The van der Waals surface area contributed by atoms with Crippen molar-refractivity contribution in [3.8, 4) is 17.2 Å². The van der Waals surface area contributed by atoms with Gasteiger partial charge >= 0.3 is 0 Å². The highest BCUT2D eigenvalue weighted by Crippen LogP contribution is 2.35. The van der Waals surface area contributed by atoms with Gasteiger partial charge in [-0.15, -0.1) is 0 Å². The van der Waals surface area contributed by atoms with Crippen molar-refractivity contribution < 1.29 is 23.8 Å². The Kier molecular flexibility index (Phi) is 5.54. The largest absolute Gasteiger partial charge is 0.481 e. The molecular formula is C19H26N2O5. The van der Waals surface area contributed by atoms with E-state index >= 15 is 0 Å².